The maximum atomic E-state index is 11.0. The van der Waals surface area contributed by atoms with Crippen molar-refractivity contribution in [3.8, 4) is 0 Å². The van der Waals surface area contributed by atoms with E-state index in [1.807, 2.05) is 0 Å². The molecule has 3 N–H and O–H groups in total. The molecule has 1 atom stereocenters. The van der Waals surface area contributed by atoms with Crippen LogP contribution in [0.15, 0.2) is 0 Å². The maximum absolute atomic E-state index is 11.0. The van der Waals surface area contributed by atoms with Gasteiger partial charge in [0.05, 0.1) is 0 Å². The number of halogens is 3. The molecular formula is C2H4F3NO. The second kappa shape index (κ2) is 1.67. The lowest BCUT2D eigenvalue weighted by atomic mass is 10.6. The summed E-state index contributed by atoms with van der Waals surface area (Å²) < 4.78 is 32.8. The second-order valence-corrected chi connectivity index (χ2v) is 0.990. The molecule has 5 heteroatoms. The molecule has 0 radical (unpaired) electrons. The topological polar surface area (TPSA) is 46.2 Å². The van der Waals surface area contributed by atoms with Gasteiger partial charge in [-0.25, -0.2) is 4.39 Å². The first kappa shape index (κ1) is 6.71. The van der Waals surface area contributed by atoms with E-state index in [0.29, 0.717) is 0 Å². The lowest BCUT2D eigenvalue weighted by Crippen LogP contribution is -2.36. The van der Waals surface area contributed by atoms with Gasteiger partial charge in [0.2, 0.25) is 6.30 Å². The van der Waals surface area contributed by atoms with E-state index in [1.54, 1.807) is 0 Å². The Kier molecular flexibility index (Phi) is 1.60. The highest BCUT2D eigenvalue weighted by molar-refractivity contribution is 4.53. The van der Waals surface area contributed by atoms with E-state index in [9.17, 15) is 13.2 Å². The monoisotopic (exact) mass is 115 g/mol. The molecule has 2 nitrogen and oxygen atoms in total. The average molecular weight is 115 g/mol. The largest absolute Gasteiger partial charge is 0.397 e. The van der Waals surface area contributed by atoms with E-state index in [2.05, 4.69) is 5.73 Å². The molecule has 1 unspecified atom stereocenters. The van der Waals surface area contributed by atoms with Gasteiger partial charge in [-0.05, 0) is 0 Å². The van der Waals surface area contributed by atoms with Crippen molar-refractivity contribution in [2.45, 2.75) is 12.4 Å². The van der Waals surface area contributed by atoms with Crippen LogP contribution in [0.5, 0.6) is 0 Å². The predicted octanol–water partition coefficient (Wildman–Crippen LogP) is -0.174. The molecule has 0 saturated heterocycles. The molecular weight excluding hydrogens is 111 g/mol. The fraction of sp³-hybridized carbons (Fsp3) is 1.00. The minimum absolute atomic E-state index is 2.98. The molecule has 0 aromatic rings. The third kappa shape index (κ3) is 2.41. The third-order valence-electron chi connectivity index (χ3n) is 0.332. The SMILES string of the molecule is NC(F)C(O)(F)F. The Bertz CT molecular complexity index is 58.4. The minimum atomic E-state index is -4.39. The molecule has 44 valence electrons. The Morgan fingerprint density at radius 1 is 1.57 bits per heavy atom. The lowest BCUT2D eigenvalue weighted by molar-refractivity contribution is -0.238. The molecule has 0 aliphatic heterocycles. The molecule has 0 spiro atoms. The number of alkyl halides is 3. The number of hydrogen-bond acceptors (Lipinski definition) is 2. The number of hydrogen-bond donors (Lipinski definition) is 2. The van der Waals surface area contributed by atoms with Gasteiger partial charge in [-0.3, -0.25) is 5.73 Å². The highest BCUT2D eigenvalue weighted by Crippen LogP contribution is 2.11. The Morgan fingerprint density at radius 3 is 1.71 bits per heavy atom. The second-order valence-electron chi connectivity index (χ2n) is 0.990. The fourth-order valence-electron chi connectivity index (χ4n) is 0. The van der Waals surface area contributed by atoms with Crippen LogP contribution in [0.2, 0.25) is 0 Å². The summed E-state index contributed by atoms with van der Waals surface area (Å²) in [5.41, 5.74) is 3.90. The van der Waals surface area contributed by atoms with Gasteiger partial charge in [0.15, 0.2) is 0 Å². The van der Waals surface area contributed by atoms with Crippen molar-refractivity contribution in [3.05, 3.63) is 0 Å². The zero-order valence-electron chi connectivity index (χ0n) is 3.24. The molecule has 0 amide bonds. The highest BCUT2D eigenvalue weighted by atomic mass is 19.3. The molecule has 0 aliphatic rings. The van der Waals surface area contributed by atoms with Gasteiger partial charge in [0.1, 0.15) is 0 Å². The summed E-state index contributed by atoms with van der Waals surface area (Å²) in [5, 5.41) is 7.26. The summed E-state index contributed by atoms with van der Waals surface area (Å²) in [6, 6.07) is 0. The molecule has 0 aromatic carbocycles. The zero-order chi connectivity index (χ0) is 6.08. The molecule has 0 saturated carbocycles. The van der Waals surface area contributed by atoms with Crippen LogP contribution >= 0.6 is 0 Å². The van der Waals surface area contributed by atoms with Crippen molar-refractivity contribution in [1.82, 2.24) is 0 Å². The van der Waals surface area contributed by atoms with E-state index in [4.69, 9.17) is 5.11 Å². The first-order valence-electron chi connectivity index (χ1n) is 1.44. The van der Waals surface area contributed by atoms with Gasteiger partial charge in [-0.15, -0.1) is 0 Å². The Morgan fingerprint density at radius 2 is 1.71 bits per heavy atom. The van der Waals surface area contributed by atoms with Crippen molar-refractivity contribution >= 4 is 0 Å². The van der Waals surface area contributed by atoms with Crippen LogP contribution in [0.25, 0.3) is 0 Å². The van der Waals surface area contributed by atoms with E-state index in [-0.39, 0.29) is 0 Å². The van der Waals surface area contributed by atoms with Gasteiger partial charge in [0, 0.05) is 0 Å². The van der Waals surface area contributed by atoms with Crippen molar-refractivity contribution < 1.29 is 18.3 Å². The average Bonchev–Trinajstić information content (AvgIpc) is 1.31. The number of aliphatic hydroxyl groups is 1. The quantitative estimate of drug-likeness (QED) is 0.466. The van der Waals surface area contributed by atoms with Crippen LogP contribution in [-0.4, -0.2) is 17.5 Å². The molecule has 0 aliphatic carbocycles. The lowest BCUT2D eigenvalue weighted by Gasteiger charge is -2.07. The molecule has 0 bridgehead atoms. The third-order valence-corrected chi connectivity index (χ3v) is 0.332. The van der Waals surface area contributed by atoms with E-state index < -0.39 is 12.4 Å². The highest BCUT2D eigenvalue weighted by Gasteiger charge is 2.33. The summed E-state index contributed by atoms with van der Waals surface area (Å²) >= 11 is 0. The molecule has 0 heterocycles. The predicted molar refractivity (Wildman–Crippen MR) is 16.2 cm³/mol. The summed E-state index contributed by atoms with van der Waals surface area (Å²) in [6.07, 6.45) is -7.37. The van der Waals surface area contributed by atoms with E-state index in [0.717, 1.165) is 0 Å². The number of rotatable bonds is 1. The van der Waals surface area contributed by atoms with Gasteiger partial charge < -0.3 is 5.11 Å². The fourth-order valence-corrected chi connectivity index (χ4v) is 0. The summed E-state index contributed by atoms with van der Waals surface area (Å²) in [4.78, 5) is 0. The first-order valence-corrected chi connectivity index (χ1v) is 1.44. The van der Waals surface area contributed by atoms with Gasteiger partial charge in [-0.2, -0.15) is 8.78 Å². The van der Waals surface area contributed by atoms with Crippen LogP contribution in [0, 0.1) is 0 Å². The van der Waals surface area contributed by atoms with Crippen molar-refractivity contribution in [1.29, 1.82) is 0 Å². The molecule has 0 rings (SSSR count). The maximum Gasteiger partial charge on any atom is 0.397 e. The zero-order valence-corrected chi connectivity index (χ0v) is 3.24. The van der Waals surface area contributed by atoms with E-state index in [1.165, 1.54) is 0 Å². The molecule has 0 aromatic heterocycles. The number of nitrogens with two attached hydrogens (primary N) is 1. The van der Waals surface area contributed by atoms with Crippen LogP contribution in [0.3, 0.4) is 0 Å². The van der Waals surface area contributed by atoms with Crippen LogP contribution in [0.1, 0.15) is 0 Å². The van der Waals surface area contributed by atoms with Crippen molar-refractivity contribution in [2.24, 2.45) is 5.73 Å². The molecule has 0 fully saturated rings. The van der Waals surface area contributed by atoms with E-state index >= 15 is 0 Å². The van der Waals surface area contributed by atoms with Crippen LogP contribution in [-0.2, 0) is 0 Å². The smallest absolute Gasteiger partial charge is 0.333 e. The summed E-state index contributed by atoms with van der Waals surface area (Å²) in [6.45, 7) is 0. The normalized spacial score (nSPS) is 16.7. The van der Waals surface area contributed by atoms with Crippen LogP contribution < -0.4 is 5.73 Å². The minimum Gasteiger partial charge on any atom is -0.333 e. The summed E-state index contributed by atoms with van der Waals surface area (Å²) in [7, 11) is 0. The van der Waals surface area contributed by atoms with Crippen molar-refractivity contribution in [3.63, 3.8) is 0 Å². The standard InChI is InChI=1S/C2H4F3NO/c3-1(6)2(4,5)7/h1,7H,6H2. The Hall–Kier alpha value is -0.290. The van der Waals surface area contributed by atoms with Crippen LogP contribution in [0.4, 0.5) is 13.2 Å². The van der Waals surface area contributed by atoms with Gasteiger partial charge in [-0.1, -0.05) is 0 Å². The Labute approximate surface area is 37.7 Å². The summed E-state index contributed by atoms with van der Waals surface area (Å²) in [5.74, 6) is 0. The van der Waals surface area contributed by atoms with Gasteiger partial charge in [0.25, 0.3) is 0 Å². The van der Waals surface area contributed by atoms with Crippen molar-refractivity contribution in [2.75, 3.05) is 0 Å². The van der Waals surface area contributed by atoms with Gasteiger partial charge >= 0.3 is 6.11 Å². The first-order chi connectivity index (χ1) is 2.94. The Balaban J connectivity index is 3.54. The molecule has 7 heavy (non-hydrogen) atoms.